The van der Waals surface area contributed by atoms with E-state index in [2.05, 4.69) is 22.2 Å². The van der Waals surface area contributed by atoms with Crippen LogP contribution < -0.4 is 11.1 Å². The van der Waals surface area contributed by atoms with Gasteiger partial charge in [-0.05, 0) is 55.0 Å². The molecule has 2 amide bonds. The highest BCUT2D eigenvalue weighted by Crippen LogP contribution is 2.36. The van der Waals surface area contributed by atoms with E-state index in [-0.39, 0.29) is 6.04 Å². The van der Waals surface area contributed by atoms with Crippen molar-refractivity contribution in [1.82, 2.24) is 14.9 Å². The molecule has 29 heavy (non-hydrogen) atoms. The summed E-state index contributed by atoms with van der Waals surface area (Å²) in [5, 5.41) is 3.76. The van der Waals surface area contributed by atoms with E-state index in [4.69, 9.17) is 5.73 Å². The Labute approximate surface area is 169 Å². The number of nitrogens with zero attached hydrogens (tertiary/aromatic N) is 2. The summed E-state index contributed by atoms with van der Waals surface area (Å²) in [5.74, 6) is -0.437. The minimum Gasteiger partial charge on any atom is -0.383 e. The highest BCUT2D eigenvalue weighted by molar-refractivity contribution is 6.39. The minimum atomic E-state index is -0.656. The van der Waals surface area contributed by atoms with Crippen LogP contribution in [0.25, 0.3) is 10.9 Å². The second-order valence-corrected chi connectivity index (χ2v) is 7.82. The van der Waals surface area contributed by atoms with Crippen LogP contribution in [0.1, 0.15) is 36.9 Å². The van der Waals surface area contributed by atoms with Gasteiger partial charge in [0, 0.05) is 23.6 Å². The van der Waals surface area contributed by atoms with Crippen molar-refractivity contribution < 1.29 is 9.59 Å². The van der Waals surface area contributed by atoms with E-state index in [0.717, 1.165) is 34.9 Å². The second-order valence-electron chi connectivity index (χ2n) is 7.82. The average Bonchev–Trinajstić information content (AvgIpc) is 3.19. The summed E-state index contributed by atoms with van der Waals surface area (Å²) in [7, 11) is 0. The molecule has 1 aliphatic rings. The van der Waals surface area contributed by atoms with Crippen LogP contribution in [0, 0.1) is 12.8 Å². The first-order valence-corrected chi connectivity index (χ1v) is 9.84. The number of benzene rings is 1. The normalized spacial score (nSPS) is 19.3. The standard InChI is InChI=1S/C22H25N5O2/c1-13-6-7-19(17-4-3-5-18-16(17)8-9-24-18)27(12-13)22(29)21(28)26-15-10-14(2)20(23)25-11-15/h3-5,8-11,13,19,24H,6-7,12H2,1-2H3,(H2,23,25)(H,26,28)/t13-,19+/m1/s1. The zero-order valence-electron chi connectivity index (χ0n) is 16.6. The number of pyridine rings is 1. The average molecular weight is 391 g/mol. The number of hydrogen-bond donors (Lipinski definition) is 3. The number of H-pyrrole nitrogens is 1. The molecule has 7 nitrogen and oxygen atoms in total. The number of anilines is 2. The van der Waals surface area contributed by atoms with Crippen molar-refractivity contribution in [3.63, 3.8) is 0 Å². The second kappa shape index (κ2) is 7.58. The van der Waals surface area contributed by atoms with Crippen molar-refractivity contribution in [2.75, 3.05) is 17.6 Å². The maximum Gasteiger partial charge on any atom is 0.313 e. The summed E-state index contributed by atoms with van der Waals surface area (Å²) < 4.78 is 0. The zero-order chi connectivity index (χ0) is 20.5. The molecule has 2 aromatic heterocycles. The first kappa shape index (κ1) is 19.0. The van der Waals surface area contributed by atoms with E-state index >= 15 is 0 Å². The number of carbonyl (C=O) groups is 2. The van der Waals surface area contributed by atoms with Gasteiger partial charge >= 0.3 is 11.8 Å². The van der Waals surface area contributed by atoms with Crippen LogP contribution in [-0.2, 0) is 9.59 Å². The van der Waals surface area contributed by atoms with Gasteiger partial charge in [0.2, 0.25) is 0 Å². The first-order chi connectivity index (χ1) is 13.9. The van der Waals surface area contributed by atoms with Gasteiger partial charge in [0.25, 0.3) is 0 Å². The summed E-state index contributed by atoms with van der Waals surface area (Å²) in [6.07, 6.45) is 5.20. The highest BCUT2D eigenvalue weighted by atomic mass is 16.2. The van der Waals surface area contributed by atoms with E-state index < -0.39 is 11.8 Å². The fourth-order valence-electron chi connectivity index (χ4n) is 4.07. The molecule has 0 unspecified atom stereocenters. The molecule has 2 atom stereocenters. The number of aromatic amines is 1. The van der Waals surface area contributed by atoms with Gasteiger partial charge in [-0.25, -0.2) is 4.98 Å². The van der Waals surface area contributed by atoms with Crippen LogP contribution >= 0.6 is 0 Å². The number of hydrogen-bond acceptors (Lipinski definition) is 4. The third kappa shape index (κ3) is 3.68. The molecule has 1 fully saturated rings. The molecule has 3 aromatic rings. The lowest BCUT2D eigenvalue weighted by atomic mass is 9.88. The monoisotopic (exact) mass is 391 g/mol. The molecule has 4 rings (SSSR count). The summed E-state index contributed by atoms with van der Waals surface area (Å²) in [6, 6.07) is 9.65. The number of amides is 2. The largest absolute Gasteiger partial charge is 0.383 e. The fourth-order valence-corrected chi connectivity index (χ4v) is 4.07. The molecule has 3 heterocycles. The van der Waals surface area contributed by atoms with Gasteiger partial charge in [0.1, 0.15) is 5.82 Å². The van der Waals surface area contributed by atoms with Crippen molar-refractivity contribution in [2.45, 2.75) is 32.7 Å². The van der Waals surface area contributed by atoms with Crippen molar-refractivity contribution in [2.24, 2.45) is 5.92 Å². The third-order valence-electron chi connectivity index (χ3n) is 5.64. The summed E-state index contributed by atoms with van der Waals surface area (Å²) in [5.41, 5.74) is 9.04. The van der Waals surface area contributed by atoms with Gasteiger partial charge in [-0.3, -0.25) is 9.59 Å². The third-order valence-corrected chi connectivity index (χ3v) is 5.64. The Morgan fingerprint density at radius 3 is 2.90 bits per heavy atom. The van der Waals surface area contributed by atoms with Gasteiger partial charge in [-0.15, -0.1) is 0 Å². The van der Waals surface area contributed by atoms with Crippen molar-refractivity contribution >= 4 is 34.2 Å². The molecule has 0 spiro atoms. The van der Waals surface area contributed by atoms with Crippen LogP contribution in [0.5, 0.6) is 0 Å². The molecule has 0 bridgehead atoms. The Bertz CT molecular complexity index is 1070. The molecular weight excluding hydrogens is 366 g/mol. The highest BCUT2D eigenvalue weighted by Gasteiger charge is 2.35. The number of aromatic nitrogens is 2. The molecular formula is C22H25N5O2. The van der Waals surface area contributed by atoms with E-state index in [0.29, 0.717) is 24.0 Å². The van der Waals surface area contributed by atoms with Gasteiger partial charge in [-0.1, -0.05) is 19.1 Å². The Kier molecular flexibility index (Phi) is 4.96. The summed E-state index contributed by atoms with van der Waals surface area (Å²) in [6.45, 7) is 4.47. The number of piperidine rings is 1. The van der Waals surface area contributed by atoms with E-state index in [1.165, 1.54) is 6.20 Å². The van der Waals surface area contributed by atoms with Gasteiger partial charge < -0.3 is 20.9 Å². The van der Waals surface area contributed by atoms with Crippen molar-refractivity contribution in [3.8, 4) is 0 Å². The number of likely N-dealkylation sites (tertiary alicyclic amines) is 1. The molecule has 7 heteroatoms. The Balaban J connectivity index is 1.61. The first-order valence-electron chi connectivity index (χ1n) is 9.84. The zero-order valence-corrected chi connectivity index (χ0v) is 16.6. The van der Waals surface area contributed by atoms with Gasteiger partial charge in [-0.2, -0.15) is 0 Å². The Morgan fingerprint density at radius 1 is 1.28 bits per heavy atom. The van der Waals surface area contributed by atoms with Crippen LogP contribution in [0.4, 0.5) is 11.5 Å². The van der Waals surface area contributed by atoms with Crippen LogP contribution in [0.15, 0.2) is 42.7 Å². The molecule has 0 radical (unpaired) electrons. The number of nitrogens with two attached hydrogens (primary N) is 1. The lowest BCUT2D eigenvalue weighted by molar-refractivity contribution is -0.146. The van der Waals surface area contributed by atoms with Crippen LogP contribution in [0.3, 0.4) is 0 Å². The van der Waals surface area contributed by atoms with E-state index in [9.17, 15) is 9.59 Å². The lowest BCUT2D eigenvalue weighted by Crippen LogP contribution is -2.46. The van der Waals surface area contributed by atoms with Crippen LogP contribution in [-0.4, -0.2) is 33.2 Å². The Hall–Kier alpha value is -3.35. The molecule has 1 saturated heterocycles. The minimum absolute atomic E-state index is 0.129. The maximum absolute atomic E-state index is 13.1. The Morgan fingerprint density at radius 2 is 2.10 bits per heavy atom. The van der Waals surface area contributed by atoms with Gasteiger partial charge in [0.15, 0.2) is 0 Å². The predicted molar refractivity (Wildman–Crippen MR) is 113 cm³/mol. The summed E-state index contributed by atoms with van der Waals surface area (Å²) in [4.78, 5) is 34.8. The van der Waals surface area contributed by atoms with E-state index in [1.807, 2.05) is 30.5 Å². The molecule has 0 aliphatic carbocycles. The topological polar surface area (TPSA) is 104 Å². The van der Waals surface area contributed by atoms with E-state index in [1.54, 1.807) is 17.9 Å². The van der Waals surface area contributed by atoms with Crippen molar-refractivity contribution in [3.05, 3.63) is 53.9 Å². The van der Waals surface area contributed by atoms with Gasteiger partial charge in [0.05, 0.1) is 17.9 Å². The molecule has 1 aliphatic heterocycles. The number of nitrogen functional groups attached to an aromatic ring is 1. The number of aryl methyl sites for hydroxylation is 1. The fraction of sp³-hybridized carbons (Fsp3) is 0.318. The number of rotatable bonds is 2. The van der Waals surface area contributed by atoms with Crippen molar-refractivity contribution in [1.29, 1.82) is 0 Å². The lowest BCUT2D eigenvalue weighted by Gasteiger charge is -2.38. The summed E-state index contributed by atoms with van der Waals surface area (Å²) >= 11 is 0. The smallest absolute Gasteiger partial charge is 0.313 e. The number of carbonyl (C=O) groups excluding carboxylic acids is 2. The quantitative estimate of drug-likeness (QED) is 0.583. The predicted octanol–water partition coefficient (Wildman–Crippen LogP) is 3.39. The molecule has 150 valence electrons. The van der Waals surface area contributed by atoms with Crippen LogP contribution in [0.2, 0.25) is 0 Å². The molecule has 1 aromatic carbocycles. The SMILES string of the molecule is Cc1cc(NC(=O)C(=O)N2C[C@H](C)CC[C@H]2c2cccc3[nH]ccc23)cnc1N. The number of fused-ring (bicyclic) bond motifs is 1. The molecule has 0 saturated carbocycles. The molecule has 4 N–H and O–H groups in total. The maximum atomic E-state index is 13.1. The number of nitrogens with one attached hydrogen (secondary N) is 2.